The van der Waals surface area contributed by atoms with Crippen molar-refractivity contribution in [1.29, 1.82) is 0 Å². The van der Waals surface area contributed by atoms with Crippen molar-refractivity contribution in [3.63, 3.8) is 0 Å². The number of hydrogen-bond donors (Lipinski definition) is 1. The number of nitrogens with zero attached hydrogens (tertiary/aromatic N) is 3. The molecule has 0 radical (unpaired) electrons. The molecule has 0 aromatic heterocycles. The Balaban J connectivity index is 1.41. The van der Waals surface area contributed by atoms with Crippen LogP contribution in [0.2, 0.25) is 0 Å². The van der Waals surface area contributed by atoms with Gasteiger partial charge in [0.2, 0.25) is 17.6 Å². The first-order chi connectivity index (χ1) is 23.1. The van der Waals surface area contributed by atoms with Gasteiger partial charge in [0.15, 0.2) is 33.0 Å². The summed E-state index contributed by atoms with van der Waals surface area (Å²) in [6.45, 7) is 0. The molecule has 3 fully saturated rings. The van der Waals surface area contributed by atoms with E-state index in [2.05, 4.69) is 0 Å². The van der Waals surface area contributed by atoms with Crippen LogP contribution < -0.4 is 9.80 Å². The Labute approximate surface area is 281 Å². The highest BCUT2D eigenvalue weighted by Gasteiger charge is 2.77. The molecule has 3 aromatic carbocycles. The summed E-state index contributed by atoms with van der Waals surface area (Å²) in [6.07, 6.45) is 0.676. The molecule has 7 rings (SSSR count). The summed E-state index contributed by atoms with van der Waals surface area (Å²) in [7, 11) is 0. The van der Waals surface area contributed by atoms with Crippen LogP contribution in [-0.2, 0) is 19.2 Å². The van der Waals surface area contributed by atoms with Crippen molar-refractivity contribution >= 4 is 63.9 Å². The van der Waals surface area contributed by atoms with E-state index in [4.69, 9.17) is 23.2 Å². The fraction of sp³-hybridized carbons (Fsp3) is 0.250. The average Bonchev–Trinajstić information content (AvgIpc) is 3.41. The zero-order valence-corrected chi connectivity index (χ0v) is 25.8. The first kappa shape index (κ1) is 32.6. The van der Waals surface area contributed by atoms with E-state index in [1.165, 1.54) is 42.5 Å². The highest BCUT2D eigenvalue weighted by Crippen LogP contribution is 2.66. The fourth-order valence-corrected chi connectivity index (χ4v) is 8.54. The standard InChI is InChI=1S/C32H18Cl2F5N3O7/c33-31-11-18-16(8-9-17-19(18)28(45)40(27(17)44)13-2-1-3-14(10-13)42(48)49)20(12-4-6-15(43)7-5-12)32(31,34)30(47)41(29(31)46)26-24(38)22(36)21(35)23(37)25(26)39/h1-8,10,17-20,43H,9,11H2. The number of phenols is 1. The molecule has 0 spiro atoms. The maximum atomic E-state index is 15.1. The summed E-state index contributed by atoms with van der Waals surface area (Å²) in [5.74, 6) is -22.5. The van der Waals surface area contributed by atoms with Gasteiger partial charge in [-0.1, -0.05) is 29.8 Å². The van der Waals surface area contributed by atoms with Gasteiger partial charge in [0.05, 0.1) is 22.4 Å². The quantitative estimate of drug-likeness (QED) is 0.0528. The number of nitro groups is 1. The number of carbonyl (C=O) groups is 4. The molecule has 2 aliphatic heterocycles. The molecule has 6 atom stereocenters. The molecule has 49 heavy (non-hydrogen) atoms. The van der Waals surface area contributed by atoms with Gasteiger partial charge >= 0.3 is 0 Å². The van der Waals surface area contributed by atoms with Crippen LogP contribution >= 0.6 is 23.2 Å². The second-order valence-corrected chi connectivity index (χ2v) is 13.3. The molecule has 2 saturated heterocycles. The number of amides is 4. The van der Waals surface area contributed by atoms with Crippen LogP contribution in [0.15, 0.2) is 60.2 Å². The molecule has 4 amide bonds. The first-order valence-electron chi connectivity index (χ1n) is 14.5. The number of anilines is 2. The molecule has 1 saturated carbocycles. The monoisotopic (exact) mass is 721 g/mol. The Kier molecular flexibility index (Phi) is 7.20. The Morgan fingerprint density at radius 3 is 2.04 bits per heavy atom. The number of aromatic hydroxyl groups is 1. The minimum absolute atomic E-state index is 0.108. The summed E-state index contributed by atoms with van der Waals surface area (Å²) in [5.41, 5.74) is -2.10. The number of nitro benzene ring substituents is 1. The van der Waals surface area contributed by atoms with Crippen molar-refractivity contribution < 1.29 is 51.2 Å². The van der Waals surface area contributed by atoms with E-state index in [9.17, 15) is 47.6 Å². The molecule has 2 heterocycles. The molecule has 4 aliphatic rings. The number of imide groups is 2. The van der Waals surface area contributed by atoms with E-state index >= 15 is 8.78 Å². The van der Waals surface area contributed by atoms with Gasteiger partial charge in [-0.25, -0.2) is 31.8 Å². The normalized spacial score (nSPS) is 29.2. The molecule has 3 aromatic rings. The molecular weight excluding hydrogens is 704 g/mol. The lowest BCUT2D eigenvalue weighted by Gasteiger charge is -2.50. The zero-order chi connectivity index (χ0) is 35.5. The molecular formula is C32H18Cl2F5N3O7. The average molecular weight is 722 g/mol. The Bertz CT molecular complexity index is 2070. The highest BCUT2D eigenvalue weighted by atomic mass is 35.5. The summed E-state index contributed by atoms with van der Waals surface area (Å²) in [6, 6.07) is 9.74. The molecule has 252 valence electrons. The third kappa shape index (κ3) is 4.17. The van der Waals surface area contributed by atoms with Crippen LogP contribution in [0.5, 0.6) is 5.75 Å². The first-order valence-corrected chi connectivity index (χ1v) is 15.2. The van der Waals surface area contributed by atoms with Crippen LogP contribution in [0, 0.1) is 57.0 Å². The highest BCUT2D eigenvalue weighted by molar-refractivity contribution is 6.58. The van der Waals surface area contributed by atoms with E-state index in [1.807, 2.05) is 0 Å². The van der Waals surface area contributed by atoms with E-state index in [-0.39, 0.29) is 33.9 Å². The van der Waals surface area contributed by atoms with Gasteiger partial charge in [-0.05, 0) is 42.5 Å². The van der Waals surface area contributed by atoms with Crippen LogP contribution in [-0.4, -0.2) is 43.4 Å². The Morgan fingerprint density at radius 1 is 0.816 bits per heavy atom. The molecule has 6 unspecified atom stereocenters. The van der Waals surface area contributed by atoms with Crippen LogP contribution in [0.1, 0.15) is 24.3 Å². The number of allylic oxidation sites excluding steroid dienone is 2. The van der Waals surface area contributed by atoms with Gasteiger partial charge in [-0.3, -0.25) is 29.3 Å². The van der Waals surface area contributed by atoms with E-state index in [0.717, 1.165) is 17.0 Å². The van der Waals surface area contributed by atoms with Crippen molar-refractivity contribution in [2.24, 2.45) is 17.8 Å². The second-order valence-electron chi connectivity index (χ2n) is 12.1. The Morgan fingerprint density at radius 2 is 1.43 bits per heavy atom. The summed E-state index contributed by atoms with van der Waals surface area (Å²) < 4.78 is 72.9. The fourth-order valence-electron chi connectivity index (χ4n) is 7.61. The molecule has 2 aliphatic carbocycles. The van der Waals surface area contributed by atoms with Crippen molar-refractivity contribution in [2.75, 3.05) is 9.80 Å². The zero-order valence-electron chi connectivity index (χ0n) is 24.3. The van der Waals surface area contributed by atoms with E-state index < -0.39 is 109 Å². The maximum Gasteiger partial charge on any atom is 0.271 e. The van der Waals surface area contributed by atoms with Crippen molar-refractivity contribution in [2.45, 2.75) is 28.5 Å². The van der Waals surface area contributed by atoms with Crippen LogP contribution in [0.4, 0.5) is 39.0 Å². The summed E-state index contributed by atoms with van der Waals surface area (Å²) in [5, 5.41) is 21.4. The predicted molar refractivity (Wildman–Crippen MR) is 160 cm³/mol. The van der Waals surface area contributed by atoms with Crippen molar-refractivity contribution in [3.8, 4) is 5.75 Å². The number of hydrogen-bond acceptors (Lipinski definition) is 7. The minimum Gasteiger partial charge on any atom is -0.508 e. The van der Waals surface area contributed by atoms with E-state index in [1.54, 1.807) is 0 Å². The summed E-state index contributed by atoms with van der Waals surface area (Å²) >= 11 is 14.1. The molecule has 17 heteroatoms. The lowest BCUT2D eigenvalue weighted by molar-refractivity contribution is -0.384. The largest absolute Gasteiger partial charge is 0.508 e. The maximum absolute atomic E-state index is 15.1. The number of rotatable bonds is 4. The number of alkyl halides is 2. The lowest BCUT2D eigenvalue weighted by atomic mass is 9.56. The van der Waals surface area contributed by atoms with Gasteiger partial charge in [0.25, 0.3) is 17.5 Å². The number of halogens is 7. The third-order valence-corrected chi connectivity index (χ3v) is 11.2. The van der Waals surface area contributed by atoms with Gasteiger partial charge in [-0.2, -0.15) is 0 Å². The topological polar surface area (TPSA) is 138 Å². The molecule has 10 nitrogen and oxygen atoms in total. The van der Waals surface area contributed by atoms with Gasteiger partial charge in [0, 0.05) is 18.1 Å². The number of carbonyl (C=O) groups excluding carboxylic acids is 4. The number of benzene rings is 3. The third-order valence-electron chi connectivity index (χ3n) is 9.75. The smallest absolute Gasteiger partial charge is 0.271 e. The number of non-ortho nitro benzene ring substituents is 1. The van der Waals surface area contributed by atoms with Crippen LogP contribution in [0.25, 0.3) is 0 Å². The Hall–Kier alpha value is -4.89. The number of fused-ring (bicyclic) bond motifs is 4. The SMILES string of the molecule is O=C1C2CC=C3C(CC4(Cl)C(=O)N(c5c(F)c(F)c(F)c(F)c5F)C(=O)C4(Cl)C3c3ccc(O)cc3)C2C(=O)N1c1cccc([N+](=O)[O-])c1. The van der Waals surface area contributed by atoms with Gasteiger partial charge < -0.3 is 5.11 Å². The van der Waals surface area contributed by atoms with Gasteiger partial charge in [0.1, 0.15) is 11.4 Å². The minimum atomic E-state index is -2.71. The second kappa shape index (κ2) is 10.8. The molecule has 1 N–H and O–H groups in total. The van der Waals surface area contributed by atoms with E-state index in [0.29, 0.717) is 0 Å². The van der Waals surface area contributed by atoms with Crippen molar-refractivity contribution in [1.82, 2.24) is 0 Å². The summed E-state index contributed by atoms with van der Waals surface area (Å²) in [4.78, 5) is 61.9. The van der Waals surface area contributed by atoms with Crippen LogP contribution in [0.3, 0.4) is 0 Å². The van der Waals surface area contributed by atoms with Crippen molar-refractivity contribution in [3.05, 3.63) is 105 Å². The lowest BCUT2D eigenvalue weighted by Crippen LogP contribution is -2.60. The van der Waals surface area contributed by atoms with Gasteiger partial charge in [-0.15, -0.1) is 23.2 Å². The molecule has 0 bridgehead atoms. The number of phenolic OH excluding ortho intramolecular Hbond substituents is 1. The predicted octanol–water partition coefficient (Wildman–Crippen LogP) is 5.76.